The largest absolute Gasteiger partial charge is 0.372 e. The molecule has 2 aromatic heterocycles. The van der Waals surface area contributed by atoms with Crippen molar-refractivity contribution in [3.05, 3.63) is 53.0 Å². The lowest BCUT2D eigenvalue weighted by atomic mass is 10.2. The van der Waals surface area contributed by atoms with Gasteiger partial charge in [0, 0.05) is 22.5 Å². The summed E-state index contributed by atoms with van der Waals surface area (Å²) >= 11 is 3.45. The van der Waals surface area contributed by atoms with Gasteiger partial charge in [-0.3, -0.25) is 4.40 Å². The third kappa shape index (κ3) is 1.95. The molecule has 0 atom stereocenters. The Morgan fingerprint density at radius 3 is 2.55 bits per heavy atom. The van der Waals surface area contributed by atoms with Crippen LogP contribution >= 0.6 is 15.9 Å². The monoisotopic (exact) mass is 353 g/mol. The number of hydrogen-bond acceptors (Lipinski definition) is 4. The molecule has 1 N–H and O–H groups in total. The number of anilines is 1. The van der Waals surface area contributed by atoms with E-state index in [1.54, 1.807) is 0 Å². The van der Waals surface area contributed by atoms with Crippen LogP contribution in [0, 0.1) is 0 Å². The molecular weight excluding hydrogens is 342 g/mol. The van der Waals surface area contributed by atoms with Gasteiger partial charge in [-0.1, -0.05) is 40.2 Å². The molecule has 22 heavy (non-hydrogen) atoms. The number of fused-ring (bicyclic) bond motifs is 3. The average Bonchev–Trinajstić information content (AvgIpc) is 2.99. The van der Waals surface area contributed by atoms with E-state index in [-0.39, 0.29) is 0 Å². The maximum Gasteiger partial charge on any atom is 0.257 e. The van der Waals surface area contributed by atoms with Crippen LogP contribution in [0.3, 0.4) is 0 Å². The first kappa shape index (κ1) is 13.2. The van der Waals surface area contributed by atoms with Gasteiger partial charge in [-0.15, -0.1) is 10.2 Å². The number of aromatic nitrogens is 4. The zero-order valence-corrected chi connectivity index (χ0v) is 13.4. The minimum Gasteiger partial charge on any atom is -0.372 e. The topological polar surface area (TPSA) is 55.1 Å². The van der Waals surface area contributed by atoms with Crippen molar-refractivity contribution in [3.63, 3.8) is 0 Å². The number of benzene rings is 2. The second-order valence-electron chi connectivity index (χ2n) is 4.89. The molecule has 0 fully saturated rings. The molecule has 0 spiro atoms. The molecule has 4 aromatic rings. The van der Waals surface area contributed by atoms with Gasteiger partial charge in [0.1, 0.15) is 5.82 Å². The molecule has 0 saturated carbocycles. The van der Waals surface area contributed by atoms with Crippen molar-refractivity contribution in [1.29, 1.82) is 0 Å². The minimum absolute atomic E-state index is 0.584. The fourth-order valence-electron chi connectivity index (χ4n) is 2.58. The van der Waals surface area contributed by atoms with Gasteiger partial charge in [-0.05, 0) is 24.3 Å². The fourth-order valence-corrected chi connectivity index (χ4v) is 2.84. The summed E-state index contributed by atoms with van der Waals surface area (Å²) in [5.41, 5.74) is 2.03. The smallest absolute Gasteiger partial charge is 0.257 e. The van der Waals surface area contributed by atoms with Gasteiger partial charge in [0.25, 0.3) is 5.78 Å². The number of halogens is 1. The summed E-state index contributed by atoms with van der Waals surface area (Å²) in [6, 6.07) is 16.1. The molecule has 0 amide bonds. The second kappa shape index (κ2) is 5.06. The lowest BCUT2D eigenvalue weighted by Gasteiger charge is -2.08. The number of hydrogen-bond donors (Lipinski definition) is 1. The van der Waals surface area contributed by atoms with Crippen molar-refractivity contribution < 1.29 is 0 Å². The van der Waals surface area contributed by atoms with E-state index in [1.807, 2.05) is 53.9 Å². The van der Waals surface area contributed by atoms with E-state index in [1.165, 1.54) is 0 Å². The predicted molar refractivity (Wildman–Crippen MR) is 91.0 cm³/mol. The van der Waals surface area contributed by atoms with Crippen molar-refractivity contribution in [1.82, 2.24) is 19.6 Å². The van der Waals surface area contributed by atoms with E-state index >= 15 is 0 Å². The van der Waals surface area contributed by atoms with E-state index in [4.69, 9.17) is 0 Å². The van der Waals surface area contributed by atoms with Crippen molar-refractivity contribution in [2.45, 2.75) is 0 Å². The molecule has 0 radical (unpaired) electrons. The van der Waals surface area contributed by atoms with Gasteiger partial charge in [0.15, 0.2) is 5.82 Å². The molecule has 2 aromatic carbocycles. The first-order valence-electron chi connectivity index (χ1n) is 6.85. The molecule has 0 unspecified atom stereocenters. The van der Waals surface area contributed by atoms with Crippen molar-refractivity contribution in [3.8, 4) is 11.4 Å². The lowest BCUT2D eigenvalue weighted by molar-refractivity contribution is 1.10. The van der Waals surface area contributed by atoms with E-state index in [9.17, 15) is 0 Å². The third-order valence-corrected chi connectivity index (χ3v) is 4.13. The van der Waals surface area contributed by atoms with Crippen LogP contribution in [-0.4, -0.2) is 26.6 Å². The Bertz CT molecular complexity index is 975. The summed E-state index contributed by atoms with van der Waals surface area (Å²) < 4.78 is 3.02. The van der Waals surface area contributed by atoms with Crippen LogP contribution in [-0.2, 0) is 0 Å². The Labute approximate surface area is 135 Å². The summed E-state index contributed by atoms with van der Waals surface area (Å²) in [4.78, 5) is 4.55. The standard InChI is InChI=1S/C16H12BrN5/c1-18-14-12-4-2-3-5-13(12)22-15(20-21-16(22)19-14)10-6-8-11(17)9-7-10/h2-9H,1H3,(H,18,19,21). The number of nitrogens with one attached hydrogen (secondary N) is 1. The molecule has 0 aliphatic rings. The number of nitrogens with zero attached hydrogens (tertiary/aromatic N) is 4. The van der Waals surface area contributed by atoms with Crippen LogP contribution in [0.1, 0.15) is 0 Å². The van der Waals surface area contributed by atoms with Crippen molar-refractivity contribution >= 4 is 38.4 Å². The molecule has 0 aliphatic heterocycles. The average molecular weight is 354 g/mol. The summed E-state index contributed by atoms with van der Waals surface area (Å²) in [7, 11) is 1.86. The van der Waals surface area contributed by atoms with Crippen LogP contribution in [0.4, 0.5) is 5.82 Å². The Balaban J connectivity index is 2.10. The van der Waals surface area contributed by atoms with Crippen molar-refractivity contribution in [2.75, 3.05) is 12.4 Å². The molecular formula is C16H12BrN5. The van der Waals surface area contributed by atoms with E-state index in [2.05, 4.69) is 42.5 Å². The maximum atomic E-state index is 4.55. The van der Waals surface area contributed by atoms with Crippen molar-refractivity contribution in [2.24, 2.45) is 0 Å². The summed E-state index contributed by atoms with van der Waals surface area (Å²) in [5, 5.41) is 12.7. The molecule has 108 valence electrons. The quantitative estimate of drug-likeness (QED) is 0.596. The van der Waals surface area contributed by atoms with Gasteiger partial charge >= 0.3 is 0 Å². The lowest BCUT2D eigenvalue weighted by Crippen LogP contribution is -2.00. The molecule has 6 heteroatoms. The van der Waals surface area contributed by atoms with Gasteiger partial charge in [0.2, 0.25) is 0 Å². The predicted octanol–water partition coefficient (Wildman–Crippen LogP) is 3.75. The van der Waals surface area contributed by atoms with E-state index in [0.717, 1.165) is 32.6 Å². The Kier molecular flexibility index (Phi) is 3.04. The van der Waals surface area contributed by atoms with Crippen LogP contribution < -0.4 is 5.32 Å². The summed E-state index contributed by atoms with van der Waals surface area (Å²) in [5.74, 6) is 2.17. The van der Waals surface area contributed by atoms with Gasteiger partial charge in [-0.2, -0.15) is 4.98 Å². The Morgan fingerprint density at radius 1 is 1.00 bits per heavy atom. The molecule has 0 saturated heterocycles. The first-order valence-corrected chi connectivity index (χ1v) is 7.65. The van der Waals surface area contributed by atoms with Crippen LogP contribution in [0.25, 0.3) is 28.1 Å². The van der Waals surface area contributed by atoms with Crippen LogP contribution in [0.5, 0.6) is 0 Å². The van der Waals surface area contributed by atoms with Gasteiger partial charge in [-0.25, -0.2) is 0 Å². The molecule has 4 rings (SSSR count). The molecule has 2 heterocycles. The SMILES string of the molecule is CNc1nc2nnc(-c3ccc(Br)cc3)n2c2ccccc12. The highest BCUT2D eigenvalue weighted by atomic mass is 79.9. The zero-order chi connectivity index (χ0) is 15.1. The Hall–Kier alpha value is -2.47. The normalized spacial score (nSPS) is 11.2. The highest BCUT2D eigenvalue weighted by Crippen LogP contribution is 2.27. The molecule has 0 aliphatic carbocycles. The second-order valence-corrected chi connectivity index (χ2v) is 5.81. The van der Waals surface area contributed by atoms with Crippen LogP contribution in [0.15, 0.2) is 53.0 Å². The third-order valence-electron chi connectivity index (χ3n) is 3.60. The highest BCUT2D eigenvalue weighted by Gasteiger charge is 2.14. The molecule has 0 bridgehead atoms. The summed E-state index contributed by atoms with van der Waals surface area (Å²) in [6.07, 6.45) is 0. The minimum atomic E-state index is 0.584. The first-order chi connectivity index (χ1) is 10.8. The van der Waals surface area contributed by atoms with E-state index < -0.39 is 0 Å². The maximum absolute atomic E-state index is 4.55. The number of rotatable bonds is 2. The fraction of sp³-hybridized carbons (Fsp3) is 0.0625. The zero-order valence-electron chi connectivity index (χ0n) is 11.8. The van der Waals surface area contributed by atoms with Gasteiger partial charge in [0.05, 0.1) is 5.52 Å². The summed E-state index contributed by atoms with van der Waals surface area (Å²) in [6.45, 7) is 0. The van der Waals surface area contributed by atoms with Crippen LogP contribution in [0.2, 0.25) is 0 Å². The number of para-hydroxylation sites is 1. The molecule has 5 nitrogen and oxygen atoms in total. The highest BCUT2D eigenvalue weighted by molar-refractivity contribution is 9.10. The van der Waals surface area contributed by atoms with E-state index in [0.29, 0.717) is 5.78 Å². The van der Waals surface area contributed by atoms with Gasteiger partial charge < -0.3 is 5.32 Å². The Morgan fingerprint density at radius 2 is 1.77 bits per heavy atom.